The van der Waals surface area contributed by atoms with E-state index in [1.807, 2.05) is 12.1 Å². The van der Waals surface area contributed by atoms with Gasteiger partial charge in [0.25, 0.3) is 0 Å². The van der Waals surface area contributed by atoms with Gasteiger partial charge in [-0.15, -0.1) is 21.5 Å². The molecule has 1 fully saturated rings. The Morgan fingerprint density at radius 1 is 1.23 bits per heavy atom. The number of fused-ring (bicyclic) bond motifs is 1. The zero-order chi connectivity index (χ0) is 20.5. The standard InChI is InChI=1S/C21H20FN5OS2/c22-14-7-5-13(6-8-14)12-29-21-26-25-19(27(21)11-15-3-2-10-28-15)18-17(23)16-4-1-9-24-20(16)30-18/h1,4-9,15H,2-3,10-12,23H2/t15-/m0/s1. The number of hydrogen-bond donors (Lipinski definition) is 1. The number of aromatic nitrogens is 4. The van der Waals surface area contributed by atoms with Gasteiger partial charge in [0.05, 0.1) is 23.2 Å². The minimum absolute atomic E-state index is 0.138. The summed E-state index contributed by atoms with van der Waals surface area (Å²) < 4.78 is 21.2. The van der Waals surface area contributed by atoms with E-state index in [1.165, 1.54) is 23.5 Å². The van der Waals surface area contributed by atoms with E-state index in [-0.39, 0.29) is 11.9 Å². The SMILES string of the molecule is Nc1c(-c2nnc(SCc3ccc(F)cc3)n2C[C@@H]2CCCO2)sc2ncccc12. The van der Waals surface area contributed by atoms with Crippen LogP contribution in [0.4, 0.5) is 10.1 Å². The fourth-order valence-corrected chi connectivity index (χ4v) is 5.53. The van der Waals surface area contributed by atoms with Crippen LogP contribution in [0.3, 0.4) is 0 Å². The van der Waals surface area contributed by atoms with Crippen molar-refractivity contribution in [1.29, 1.82) is 0 Å². The molecule has 0 radical (unpaired) electrons. The van der Waals surface area contributed by atoms with Crippen molar-refractivity contribution in [2.24, 2.45) is 0 Å². The summed E-state index contributed by atoms with van der Waals surface area (Å²) in [5, 5.41) is 10.7. The number of rotatable bonds is 6. The summed E-state index contributed by atoms with van der Waals surface area (Å²) in [5.74, 6) is 1.18. The molecule has 9 heteroatoms. The molecule has 1 aliphatic rings. The predicted molar refractivity (Wildman–Crippen MR) is 118 cm³/mol. The van der Waals surface area contributed by atoms with Gasteiger partial charge in [0.1, 0.15) is 10.6 Å². The minimum Gasteiger partial charge on any atom is -0.397 e. The van der Waals surface area contributed by atoms with Gasteiger partial charge in [0.15, 0.2) is 11.0 Å². The van der Waals surface area contributed by atoms with Crippen LogP contribution in [0.15, 0.2) is 47.8 Å². The Morgan fingerprint density at radius 3 is 2.87 bits per heavy atom. The number of nitrogen functional groups attached to an aromatic ring is 1. The number of pyridine rings is 1. The maximum absolute atomic E-state index is 13.2. The van der Waals surface area contributed by atoms with Crippen molar-refractivity contribution in [3.05, 3.63) is 54.0 Å². The van der Waals surface area contributed by atoms with E-state index in [9.17, 15) is 4.39 Å². The number of anilines is 1. The smallest absolute Gasteiger partial charge is 0.191 e. The molecule has 154 valence electrons. The van der Waals surface area contributed by atoms with Crippen LogP contribution < -0.4 is 5.73 Å². The van der Waals surface area contributed by atoms with E-state index in [1.54, 1.807) is 30.1 Å². The summed E-state index contributed by atoms with van der Waals surface area (Å²) in [5.41, 5.74) is 8.16. The molecule has 1 aromatic carbocycles. The third kappa shape index (κ3) is 3.80. The van der Waals surface area contributed by atoms with Gasteiger partial charge in [-0.1, -0.05) is 23.9 Å². The van der Waals surface area contributed by atoms with Crippen molar-refractivity contribution in [1.82, 2.24) is 19.7 Å². The third-order valence-corrected chi connectivity index (χ3v) is 7.28. The summed E-state index contributed by atoms with van der Waals surface area (Å²) in [7, 11) is 0. The number of thiophene rings is 1. The molecule has 1 saturated heterocycles. The van der Waals surface area contributed by atoms with Crippen LogP contribution in [0.2, 0.25) is 0 Å². The third-order valence-electron chi connectivity index (χ3n) is 5.12. The van der Waals surface area contributed by atoms with Crippen LogP contribution in [0, 0.1) is 5.82 Å². The monoisotopic (exact) mass is 441 g/mol. The zero-order valence-electron chi connectivity index (χ0n) is 16.1. The molecule has 3 aromatic heterocycles. The van der Waals surface area contributed by atoms with Gasteiger partial charge in [-0.05, 0) is 42.7 Å². The number of nitrogens with two attached hydrogens (primary N) is 1. The zero-order valence-corrected chi connectivity index (χ0v) is 17.8. The molecular formula is C21H20FN5OS2. The van der Waals surface area contributed by atoms with E-state index < -0.39 is 0 Å². The van der Waals surface area contributed by atoms with E-state index in [2.05, 4.69) is 19.7 Å². The van der Waals surface area contributed by atoms with Crippen LogP contribution in [-0.4, -0.2) is 32.5 Å². The number of hydrogen-bond acceptors (Lipinski definition) is 7. The second kappa shape index (κ2) is 8.33. The molecule has 5 rings (SSSR count). The van der Waals surface area contributed by atoms with Crippen molar-refractivity contribution < 1.29 is 9.13 Å². The summed E-state index contributed by atoms with van der Waals surface area (Å²) in [6.07, 6.45) is 3.99. The van der Waals surface area contributed by atoms with Crippen molar-refractivity contribution in [2.45, 2.75) is 36.4 Å². The van der Waals surface area contributed by atoms with Crippen LogP contribution >= 0.6 is 23.1 Å². The molecule has 0 unspecified atom stereocenters. The highest BCUT2D eigenvalue weighted by atomic mass is 32.2. The average molecular weight is 442 g/mol. The van der Waals surface area contributed by atoms with Gasteiger partial charge in [0, 0.05) is 23.9 Å². The van der Waals surface area contributed by atoms with E-state index >= 15 is 0 Å². The fourth-order valence-electron chi connectivity index (χ4n) is 3.57. The average Bonchev–Trinajstić information content (AvgIpc) is 3.49. The highest BCUT2D eigenvalue weighted by Gasteiger charge is 2.24. The molecule has 0 spiro atoms. The molecule has 0 aliphatic carbocycles. The lowest BCUT2D eigenvalue weighted by atomic mass is 10.2. The molecule has 0 amide bonds. The molecule has 6 nitrogen and oxygen atoms in total. The summed E-state index contributed by atoms with van der Waals surface area (Å²) in [4.78, 5) is 6.20. The Balaban J connectivity index is 1.49. The summed E-state index contributed by atoms with van der Waals surface area (Å²) >= 11 is 3.10. The van der Waals surface area contributed by atoms with E-state index in [0.29, 0.717) is 18.0 Å². The highest BCUT2D eigenvalue weighted by molar-refractivity contribution is 7.98. The lowest BCUT2D eigenvalue weighted by Gasteiger charge is -2.14. The quantitative estimate of drug-likeness (QED) is 0.435. The van der Waals surface area contributed by atoms with Gasteiger partial charge in [-0.25, -0.2) is 9.37 Å². The maximum Gasteiger partial charge on any atom is 0.191 e. The number of ether oxygens (including phenoxy) is 1. The number of halogens is 1. The van der Waals surface area contributed by atoms with Gasteiger partial charge in [-0.2, -0.15) is 0 Å². The Hall–Kier alpha value is -2.49. The first-order valence-electron chi connectivity index (χ1n) is 9.74. The topological polar surface area (TPSA) is 78.8 Å². The second-order valence-corrected chi connectivity index (χ2v) is 9.11. The summed E-state index contributed by atoms with van der Waals surface area (Å²) in [6.45, 7) is 1.46. The van der Waals surface area contributed by atoms with Crippen molar-refractivity contribution in [2.75, 3.05) is 12.3 Å². The molecule has 1 aliphatic heterocycles. The van der Waals surface area contributed by atoms with Gasteiger partial charge < -0.3 is 10.5 Å². The molecule has 0 saturated carbocycles. The molecule has 1 atom stereocenters. The van der Waals surface area contributed by atoms with Crippen molar-refractivity contribution in [3.63, 3.8) is 0 Å². The van der Waals surface area contributed by atoms with Crippen molar-refractivity contribution in [3.8, 4) is 10.7 Å². The Bertz CT molecular complexity index is 1170. The van der Waals surface area contributed by atoms with Crippen LogP contribution in [0.25, 0.3) is 20.9 Å². The number of benzene rings is 1. The molecule has 30 heavy (non-hydrogen) atoms. The maximum atomic E-state index is 13.2. The number of thioether (sulfide) groups is 1. The van der Waals surface area contributed by atoms with E-state index in [0.717, 1.165) is 51.1 Å². The fraction of sp³-hybridized carbons (Fsp3) is 0.286. The largest absolute Gasteiger partial charge is 0.397 e. The first kappa shape index (κ1) is 19.5. The molecule has 0 bridgehead atoms. The predicted octanol–water partition coefficient (Wildman–Crippen LogP) is 4.75. The minimum atomic E-state index is -0.235. The van der Waals surface area contributed by atoms with Crippen LogP contribution in [0.1, 0.15) is 18.4 Å². The highest BCUT2D eigenvalue weighted by Crippen LogP contribution is 2.40. The first-order chi connectivity index (χ1) is 14.7. The van der Waals surface area contributed by atoms with Gasteiger partial charge in [-0.3, -0.25) is 4.57 Å². The molecule has 4 heterocycles. The molecule has 2 N–H and O–H groups in total. The van der Waals surface area contributed by atoms with Crippen molar-refractivity contribution >= 4 is 39.0 Å². The normalized spacial score (nSPS) is 16.5. The van der Waals surface area contributed by atoms with Gasteiger partial charge in [0.2, 0.25) is 0 Å². The first-order valence-corrected chi connectivity index (χ1v) is 11.5. The second-order valence-electron chi connectivity index (χ2n) is 7.17. The van der Waals surface area contributed by atoms with Gasteiger partial charge >= 0.3 is 0 Å². The molecular weight excluding hydrogens is 421 g/mol. The Labute approximate surface area is 181 Å². The lowest BCUT2D eigenvalue weighted by molar-refractivity contribution is 0.0953. The summed E-state index contributed by atoms with van der Waals surface area (Å²) in [6, 6.07) is 10.4. The number of nitrogens with zero attached hydrogens (tertiary/aromatic N) is 4. The molecule has 4 aromatic rings. The van der Waals surface area contributed by atoms with Crippen LogP contribution in [-0.2, 0) is 17.0 Å². The van der Waals surface area contributed by atoms with Crippen LogP contribution in [0.5, 0.6) is 0 Å². The van der Waals surface area contributed by atoms with E-state index in [4.69, 9.17) is 10.5 Å². The Kier molecular flexibility index (Phi) is 5.41. The Morgan fingerprint density at radius 2 is 2.10 bits per heavy atom. The lowest BCUT2D eigenvalue weighted by Crippen LogP contribution is -2.16.